The Labute approximate surface area is 216 Å². The number of anilines is 4. The Balaban J connectivity index is 1.45. The van der Waals surface area contributed by atoms with E-state index in [1.54, 1.807) is 0 Å². The molecule has 3 heterocycles. The number of fused-ring (bicyclic) bond motifs is 6. The number of aromatic nitrogens is 2. The molecule has 0 amide bonds. The molecule has 1 aliphatic rings. The van der Waals surface area contributed by atoms with Gasteiger partial charge in [0.25, 0.3) is 0 Å². The van der Waals surface area contributed by atoms with Crippen molar-refractivity contribution in [3.8, 4) is 0 Å². The molecule has 0 saturated heterocycles. The minimum Gasteiger partial charge on any atom is -0.361 e. The third-order valence-corrected chi connectivity index (χ3v) is 7.19. The summed E-state index contributed by atoms with van der Waals surface area (Å²) in [7, 11) is 2.09. The van der Waals surface area contributed by atoms with Gasteiger partial charge in [-0.3, -0.25) is 4.40 Å². The lowest BCUT2D eigenvalue weighted by Gasteiger charge is -2.27. The minimum atomic E-state index is 0.842. The third-order valence-electron chi connectivity index (χ3n) is 7.19. The highest BCUT2D eigenvalue weighted by Gasteiger charge is 2.18. The van der Waals surface area contributed by atoms with E-state index >= 15 is 0 Å². The summed E-state index contributed by atoms with van der Waals surface area (Å²) in [5, 5.41) is 3.59. The number of rotatable bonds is 4. The average molecular weight is 482 g/mol. The van der Waals surface area contributed by atoms with Crippen LogP contribution in [-0.2, 0) is 0 Å². The normalized spacial score (nSPS) is 13.4. The largest absolute Gasteiger partial charge is 0.361 e. The zero-order valence-corrected chi connectivity index (χ0v) is 20.9. The fourth-order valence-corrected chi connectivity index (χ4v) is 5.45. The van der Waals surface area contributed by atoms with Gasteiger partial charge in [0, 0.05) is 64.9 Å². The summed E-state index contributed by atoms with van der Waals surface area (Å²) in [6.07, 6.45) is 6.20. The van der Waals surface area contributed by atoms with Crippen molar-refractivity contribution >= 4 is 50.1 Å². The molecule has 180 valence electrons. The summed E-state index contributed by atoms with van der Waals surface area (Å²) in [4.78, 5) is 11.6. The van der Waals surface area contributed by atoms with Crippen LogP contribution in [0, 0.1) is 6.92 Å². The molecule has 1 aliphatic heterocycles. The standard InChI is InChI=1S/C32H27N5/c1-23-21-33-32-30-20-27(15-16-28(30)29-13-6-7-14-31(29)36(23)32)37(24-9-4-3-5-10-24)26-12-8-11-25(19-26)35-18-17-34(2)22-35/h3-21H,22H2,1-2H3. The lowest BCUT2D eigenvalue weighted by Crippen LogP contribution is -2.21. The predicted octanol–water partition coefficient (Wildman–Crippen LogP) is 7.60. The van der Waals surface area contributed by atoms with E-state index in [1.165, 1.54) is 16.3 Å². The number of para-hydroxylation sites is 2. The smallest absolute Gasteiger partial charge is 0.145 e. The molecular formula is C32H27N5. The second-order valence-corrected chi connectivity index (χ2v) is 9.66. The number of hydrogen-bond acceptors (Lipinski definition) is 4. The minimum absolute atomic E-state index is 0.842. The van der Waals surface area contributed by atoms with Crippen molar-refractivity contribution in [1.29, 1.82) is 0 Å². The van der Waals surface area contributed by atoms with E-state index in [1.807, 2.05) is 6.20 Å². The maximum atomic E-state index is 4.84. The number of nitrogens with zero attached hydrogens (tertiary/aromatic N) is 5. The maximum absolute atomic E-state index is 4.84. The SMILES string of the molecule is Cc1cnc2c3cc(N(c4ccccc4)c4cccc(N5C=CN(C)C5)c4)ccc3c3ccccc3n12. The highest BCUT2D eigenvalue weighted by atomic mass is 15.3. The van der Waals surface area contributed by atoms with E-state index in [0.29, 0.717) is 0 Å². The Morgan fingerprint density at radius 3 is 2.32 bits per heavy atom. The fraction of sp³-hybridized carbons (Fsp3) is 0.0938. The average Bonchev–Trinajstić information content (AvgIpc) is 3.56. The van der Waals surface area contributed by atoms with Crippen molar-refractivity contribution in [1.82, 2.24) is 14.3 Å². The van der Waals surface area contributed by atoms with Crippen LogP contribution in [0.1, 0.15) is 5.69 Å². The van der Waals surface area contributed by atoms with Gasteiger partial charge in [-0.25, -0.2) is 4.98 Å². The summed E-state index contributed by atoms with van der Waals surface area (Å²) in [5.41, 5.74) is 7.80. The molecule has 0 spiro atoms. The molecule has 0 aliphatic carbocycles. The van der Waals surface area contributed by atoms with Crippen molar-refractivity contribution in [2.75, 3.05) is 23.5 Å². The molecule has 37 heavy (non-hydrogen) atoms. The second kappa shape index (κ2) is 8.42. The van der Waals surface area contributed by atoms with Gasteiger partial charge in [-0.2, -0.15) is 0 Å². The molecule has 5 nitrogen and oxygen atoms in total. The van der Waals surface area contributed by atoms with Crippen molar-refractivity contribution in [3.63, 3.8) is 0 Å². The van der Waals surface area contributed by atoms with Crippen molar-refractivity contribution in [2.45, 2.75) is 6.92 Å². The first-order chi connectivity index (χ1) is 18.2. The molecule has 0 radical (unpaired) electrons. The van der Waals surface area contributed by atoms with Gasteiger partial charge in [-0.05, 0) is 60.8 Å². The molecule has 5 heteroatoms. The van der Waals surface area contributed by atoms with Gasteiger partial charge >= 0.3 is 0 Å². The van der Waals surface area contributed by atoms with Crippen LogP contribution in [0.5, 0.6) is 0 Å². The molecule has 0 fully saturated rings. The zero-order chi connectivity index (χ0) is 24.9. The highest BCUT2D eigenvalue weighted by Crippen LogP contribution is 2.39. The summed E-state index contributed by atoms with van der Waals surface area (Å²) in [6.45, 7) is 2.96. The third kappa shape index (κ3) is 3.51. The van der Waals surface area contributed by atoms with Crippen molar-refractivity contribution in [3.05, 3.63) is 121 Å². The van der Waals surface area contributed by atoms with E-state index in [-0.39, 0.29) is 0 Å². The van der Waals surface area contributed by atoms with E-state index < -0.39 is 0 Å². The number of pyridine rings is 1. The number of hydrogen-bond donors (Lipinski definition) is 0. The first-order valence-electron chi connectivity index (χ1n) is 12.6. The lowest BCUT2D eigenvalue weighted by atomic mass is 10.0. The second-order valence-electron chi connectivity index (χ2n) is 9.66. The summed E-state index contributed by atoms with van der Waals surface area (Å²) < 4.78 is 2.27. The van der Waals surface area contributed by atoms with Crippen LogP contribution in [0.3, 0.4) is 0 Å². The monoisotopic (exact) mass is 481 g/mol. The number of benzene rings is 4. The van der Waals surface area contributed by atoms with Crippen molar-refractivity contribution in [2.24, 2.45) is 0 Å². The van der Waals surface area contributed by atoms with Gasteiger partial charge in [-0.1, -0.05) is 48.5 Å². The van der Waals surface area contributed by atoms with Crippen LogP contribution < -0.4 is 9.80 Å². The van der Waals surface area contributed by atoms with E-state index in [4.69, 9.17) is 4.98 Å². The fourth-order valence-electron chi connectivity index (χ4n) is 5.45. The maximum Gasteiger partial charge on any atom is 0.145 e. The number of aryl methyl sites for hydroxylation is 1. The Morgan fingerprint density at radius 1 is 0.703 bits per heavy atom. The van der Waals surface area contributed by atoms with E-state index in [2.05, 4.69) is 143 Å². The molecule has 0 N–H and O–H groups in total. The van der Waals surface area contributed by atoms with Crippen LogP contribution >= 0.6 is 0 Å². The van der Waals surface area contributed by atoms with E-state index in [9.17, 15) is 0 Å². The highest BCUT2D eigenvalue weighted by molar-refractivity contribution is 6.13. The van der Waals surface area contributed by atoms with E-state index in [0.717, 1.165) is 46.1 Å². The van der Waals surface area contributed by atoms with Crippen LogP contribution in [-0.4, -0.2) is 28.0 Å². The first-order valence-corrected chi connectivity index (χ1v) is 12.6. The molecule has 6 aromatic rings. The van der Waals surface area contributed by atoms with Gasteiger partial charge in [-0.15, -0.1) is 0 Å². The molecule has 0 atom stereocenters. The Kier molecular flexibility index (Phi) is 4.89. The van der Waals surface area contributed by atoms with Crippen LogP contribution in [0.2, 0.25) is 0 Å². The molecule has 7 rings (SSSR count). The summed E-state index contributed by atoms with van der Waals surface area (Å²) in [5.74, 6) is 0. The molecule has 0 saturated carbocycles. The zero-order valence-electron chi connectivity index (χ0n) is 20.9. The summed E-state index contributed by atoms with van der Waals surface area (Å²) >= 11 is 0. The topological polar surface area (TPSA) is 27.0 Å². The Hall–Kier alpha value is -4.77. The van der Waals surface area contributed by atoms with Crippen LogP contribution in [0.15, 0.2) is 116 Å². The Bertz CT molecular complexity index is 1800. The van der Waals surface area contributed by atoms with Crippen LogP contribution in [0.4, 0.5) is 22.7 Å². The molecule has 0 unspecified atom stereocenters. The molecular weight excluding hydrogens is 454 g/mol. The van der Waals surface area contributed by atoms with Gasteiger partial charge < -0.3 is 14.7 Å². The van der Waals surface area contributed by atoms with Gasteiger partial charge in [0.1, 0.15) is 5.65 Å². The van der Waals surface area contributed by atoms with Gasteiger partial charge in [0.2, 0.25) is 0 Å². The molecule has 0 bridgehead atoms. The quantitative estimate of drug-likeness (QED) is 0.242. The van der Waals surface area contributed by atoms with Gasteiger partial charge in [0.05, 0.1) is 12.2 Å². The Morgan fingerprint density at radius 2 is 1.49 bits per heavy atom. The van der Waals surface area contributed by atoms with Crippen LogP contribution in [0.25, 0.3) is 27.3 Å². The lowest BCUT2D eigenvalue weighted by molar-refractivity contribution is 0.496. The number of imidazole rings is 1. The van der Waals surface area contributed by atoms with Crippen molar-refractivity contribution < 1.29 is 0 Å². The molecule has 4 aromatic carbocycles. The predicted molar refractivity (Wildman–Crippen MR) is 154 cm³/mol. The summed E-state index contributed by atoms with van der Waals surface area (Å²) in [6, 6.07) is 34.7. The molecule has 2 aromatic heterocycles. The van der Waals surface area contributed by atoms with Gasteiger partial charge in [0.15, 0.2) is 0 Å². The first kappa shape index (κ1) is 21.5.